The Kier molecular flexibility index (Phi) is 4.07. The van der Waals surface area contributed by atoms with Crippen LogP contribution in [0.15, 0.2) is 0 Å². The van der Waals surface area contributed by atoms with E-state index in [0.717, 1.165) is 0 Å². The van der Waals surface area contributed by atoms with Crippen molar-refractivity contribution in [1.82, 2.24) is 0 Å². The second-order valence-electron chi connectivity index (χ2n) is 1.12. The Morgan fingerprint density at radius 3 is 1.57 bits per heavy atom. The molecule has 0 atom stereocenters. The molecule has 0 aliphatic heterocycles. The van der Waals surface area contributed by atoms with Crippen LogP contribution < -0.4 is 0 Å². The van der Waals surface area contributed by atoms with Crippen molar-refractivity contribution in [2.45, 2.75) is 4.58 Å². The molecule has 44 valence electrons. The molecule has 0 aromatic carbocycles. The van der Waals surface area contributed by atoms with Crippen molar-refractivity contribution in [3.8, 4) is 0 Å². The highest BCUT2D eigenvalue weighted by molar-refractivity contribution is 9.13. The highest BCUT2D eigenvalue weighted by atomic mass is 79.9. The molecule has 0 N–H and O–H groups in total. The largest absolute Gasteiger partial charge is 0.230 e. The minimum Gasteiger partial charge on any atom is -0.230 e. The summed E-state index contributed by atoms with van der Waals surface area (Å²) in [6.07, 6.45) is 0. The Morgan fingerprint density at radius 1 is 1.29 bits per heavy atom. The van der Waals surface area contributed by atoms with Gasteiger partial charge in [-0.2, -0.15) is 0 Å². The SMILES string of the molecule is FC(Br)(CBr)CBr. The monoisotopic (exact) mass is 296 g/mol. The number of hydrogen-bond donors (Lipinski definition) is 0. The quantitative estimate of drug-likeness (QED) is 0.688. The Balaban J connectivity index is 3.36. The van der Waals surface area contributed by atoms with Crippen LogP contribution in [0, 0.1) is 0 Å². The molecule has 4 heteroatoms. The minimum atomic E-state index is -1.27. The van der Waals surface area contributed by atoms with Gasteiger partial charge in [-0.1, -0.05) is 31.9 Å². The van der Waals surface area contributed by atoms with Gasteiger partial charge >= 0.3 is 0 Å². The van der Waals surface area contributed by atoms with E-state index in [1.54, 1.807) is 0 Å². The molecule has 0 fully saturated rings. The number of alkyl halides is 4. The number of hydrogen-bond acceptors (Lipinski definition) is 0. The van der Waals surface area contributed by atoms with E-state index in [0.29, 0.717) is 10.7 Å². The van der Waals surface area contributed by atoms with E-state index >= 15 is 0 Å². The van der Waals surface area contributed by atoms with Gasteiger partial charge in [-0.25, -0.2) is 4.39 Å². The lowest BCUT2D eigenvalue weighted by atomic mass is 10.5. The smallest absolute Gasteiger partial charge is 0.184 e. The van der Waals surface area contributed by atoms with Crippen molar-refractivity contribution in [2.24, 2.45) is 0 Å². The van der Waals surface area contributed by atoms with Gasteiger partial charge in [0.1, 0.15) is 0 Å². The molecule has 0 saturated carbocycles. The average molecular weight is 299 g/mol. The predicted octanol–water partition coefficient (Wildman–Crippen LogP) is 2.84. The Hall–Kier alpha value is 1.37. The van der Waals surface area contributed by atoms with Crippen molar-refractivity contribution in [2.75, 3.05) is 10.7 Å². The number of halogens is 4. The van der Waals surface area contributed by atoms with Crippen LogP contribution in [0.2, 0.25) is 0 Å². The molecule has 0 rings (SSSR count). The van der Waals surface area contributed by atoms with E-state index in [4.69, 9.17) is 0 Å². The highest BCUT2D eigenvalue weighted by Crippen LogP contribution is 2.24. The van der Waals surface area contributed by atoms with E-state index in [-0.39, 0.29) is 0 Å². The van der Waals surface area contributed by atoms with E-state index in [9.17, 15) is 4.39 Å². The maximum Gasteiger partial charge on any atom is 0.184 e. The van der Waals surface area contributed by atoms with Crippen molar-refractivity contribution >= 4 is 47.8 Å². The molecule has 0 bridgehead atoms. The van der Waals surface area contributed by atoms with Crippen LogP contribution >= 0.6 is 47.8 Å². The van der Waals surface area contributed by atoms with Crippen LogP contribution in [-0.4, -0.2) is 15.2 Å². The van der Waals surface area contributed by atoms with Gasteiger partial charge in [0.05, 0.1) is 0 Å². The van der Waals surface area contributed by atoms with E-state index in [1.165, 1.54) is 0 Å². The summed E-state index contributed by atoms with van der Waals surface area (Å²) in [6, 6.07) is 0. The van der Waals surface area contributed by atoms with Crippen molar-refractivity contribution < 1.29 is 4.39 Å². The summed E-state index contributed by atoms with van der Waals surface area (Å²) in [6.45, 7) is 0. The molecule has 0 aromatic rings. The molecule has 0 saturated heterocycles. The zero-order chi connectivity index (χ0) is 5.91. The van der Waals surface area contributed by atoms with E-state index in [1.807, 2.05) is 0 Å². The molecule has 0 aliphatic carbocycles. The lowest BCUT2D eigenvalue weighted by Crippen LogP contribution is -2.16. The van der Waals surface area contributed by atoms with Gasteiger partial charge < -0.3 is 0 Å². The third kappa shape index (κ3) is 3.91. The molecule has 0 amide bonds. The van der Waals surface area contributed by atoms with Crippen LogP contribution in [0.5, 0.6) is 0 Å². The van der Waals surface area contributed by atoms with Gasteiger partial charge in [0.2, 0.25) is 0 Å². The topological polar surface area (TPSA) is 0 Å². The summed E-state index contributed by atoms with van der Waals surface area (Å²) in [5.74, 6) is 0. The predicted molar refractivity (Wildman–Crippen MR) is 40.4 cm³/mol. The van der Waals surface area contributed by atoms with Gasteiger partial charge in [-0.3, -0.25) is 0 Å². The molecular weight excluding hydrogens is 295 g/mol. The first kappa shape index (κ1) is 8.37. The van der Waals surface area contributed by atoms with Gasteiger partial charge in [-0.05, 0) is 15.9 Å². The summed E-state index contributed by atoms with van der Waals surface area (Å²) < 4.78 is 11.1. The standard InChI is InChI=1S/C3H4Br3F/c4-1-3(6,7)2-5/h1-2H2. The van der Waals surface area contributed by atoms with Crippen LogP contribution in [0.1, 0.15) is 0 Å². The van der Waals surface area contributed by atoms with Crippen molar-refractivity contribution in [3.05, 3.63) is 0 Å². The number of rotatable bonds is 2. The zero-order valence-corrected chi connectivity index (χ0v) is 8.18. The molecular formula is C3H4Br3F. The van der Waals surface area contributed by atoms with Crippen LogP contribution in [0.3, 0.4) is 0 Å². The van der Waals surface area contributed by atoms with Crippen molar-refractivity contribution in [1.29, 1.82) is 0 Å². The third-order valence-electron chi connectivity index (χ3n) is 0.391. The Morgan fingerprint density at radius 2 is 1.57 bits per heavy atom. The summed E-state index contributed by atoms with van der Waals surface area (Å²) in [5.41, 5.74) is 0. The molecule has 0 heterocycles. The van der Waals surface area contributed by atoms with E-state index < -0.39 is 4.58 Å². The van der Waals surface area contributed by atoms with Gasteiger partial charge in [0, 0.05) is 10.7 Å². The Labute approximate surface area is 67.2 Å². The summed E-state index contributed by atoms with van der Waals surface area (Å²) in [5, 5.41) is 0.622. The molecule has 0 aliphatic rings. The van der Waals surface area contributed by atoms with E-state index in [2.05, 4.69) is 47.8 Å². The maximum absolute atomic E-state index is 12.4. The fourth-order valence-electron chi connectivity index (χ4n) is 0.0357. The molecule has 0 spiro atoms. The first-order valence-electron chi connectivity index (χ1n) is 1.62. The molecule has 0 aromatic heterocycles. The highest BCUT2D eigenvalue weighted by Gasteiger charge is 2.21. The van der Waals surface area contributed by atoms with Crippen LogP contribution in [0.4, 0.5) is 4.39 Å². The molecule has 7 heavy (non-hydrogen) atoms. The summed E-state index contributed by atoms with van der Waals surface area (Å²) >= 11 is 8.78. The van der Waals surface area contributed by atoms with Crippen molar-refractivity contribution in [3.63, 3.8) is 0 Å². The van der Waals surface area contributed by atoms with Gasteiger partial charge in [-0.15, -0.1) is 0 Å². The minimum absolute atomic E-state index is 0.311. The third-order valence-corrected chi connectivity index (χ3v) is 4.23. The molecule has 0 radical (unpaired) electrons. The Bertz CT molecular complexity index is 48.1. The molecule has 0 unspecified atom stereocenters. The normalized spacial score (nSPS) is 12.0. The summed E-state index contributed by atoms with van der Waals surface area (Å²) in [7, 11) is 0. The lowest BCUT2D eigenvalue weighted by Gasteiger charge is -2.08. The van der Waals surface area contributed by atoms with Gasteiger partial charge in [0.25, 0.3) is 0 Å². The fraction of sp³-hybridized carbons (Fsp3) is 1.00. The lowest BCUT2D eigenvalue weighted by molar-refractivity contribution is 0.373. The first-order chi connectivity index (χ1) is 3.12. The van der Waals surface area contributed by atoms with Gasteiger partial charge in [0.15, 0.2) is 4.58 Å². The van der Waals surface area contributed by atoms with Crippen LogP contribution in [0.25, 0.3) is 0 Å². The zero-order valence-electron chi connectivity index (χ0n) is 3.43. The first-order valence-corrected chi connectivity index (χ1v) is 4.66. The second-order valence-corrected chi connectivity index (χ2v) is 3.67. The second kappa shape index (κ2) is 3.41. The van der Waals surface area contributed by atoms with Crippen LogP contribution in [-0.2, 0) is 0 Å². The molecule has 0 nitrogen and oxygen atoms in total. The fourth-order valence-corrected chi connectivity index (χ4v) is 0.964. The average Bonchev–Trinajstić information content (AvgIpc) is 1.68. The maximum atomic E-state index is 12.4. The summed E-state index contributed by atoms with van der Waals surface area (Å²) in [4.78, 5) is 0.